The summed E-state index contributed by atoms with van der Waals surface area (Å²) in [7, 11) is -3.52. The average Bonchev–Trinajstić information content (AvgIpc) is 2.73. The van der Waals surface area contributed by atoms with Gasteiger partial charge in [0.1, 0.15) is 5.75 Å². The largest absolute Gasteiger partial charge is 0.508 e. The normalized spacial score (nSPS) is 16.4. The number of aryl methyl sites for hydroxylation is 1. The lowest BCUT2D eigenvalue weighted by Crippen LogP contribution is -2.50. The monoisotopic (exact) mass is 430 g/mol. The van der Waals surface area contributed by atoms with Crippen molar-refractivity contribution < 1.29 is 18.3 Å². The summed E-state index contributed by atoms with van der Waals surface area (Å²) in [4.78, 5) is 14.4. The molecule has 8 nitrogen and oxygen atoms in total. The number of phenolic OH excluding ortho intramolecular Hbond substituents is 1. The fourth-order valence-corrected chi connectivity index (χ4v) is 4.56. The van der Waals surface area contributed by atoms with Gasteiger partial charge in [-0.25, -0.2) is 13.8 Å². The molecule has 0 bridgehead atoms. The van der Waals surface area contributed by atoms with Gasteiger partial charge >= 0.3 is 0 Å². The topological polar surface area (TPSA) is 102 Å². The Labute approximate surface area is 176 Å². The van der Waals surface area contributed by atoms with Crippen LogP contribution in [0, 0.1) is 6.92 Å². The van der Waals surface area contributed by atoms with Gasteiger partial charge in [-0.05, 0) is 55.8 Å². The molecule has 1 fully saturated rings. The lowest BCUT2D eigenvalue weighted by atomic mass is 10.1. The van der Waals surface area contributed by atoms with E-state index in [1.165, 1.54) is 4.31 Å². The summed E-state index contributed by atoms with van der Waals surface area (Å²) in [5.74, 6) is -0.0953. The minimum absolute atomic E-state index is 0.144. The van der Waals surface area contributed by atoms with Crippen molar-refractivity contribution >= 4 is 21.6 Å². The molecular weight excluding hydrogens is 404 g/mol. The van der Waals surface area contributed by atoms with Crippen LogP contribution in [0.3, 0.4) is 0 Å². The summed E-state index contributed by atoms with van der Waals surface area (Å²) in [6.07, 6.45) is 0. The standard InChI is InChI=1S/C21H26N4O4S/c1-16-3-9-20(10-4-16)30(28,29)25-13-11-24(12-14-25)15-21(27)23-22-17(2)18-5-7-19(26)8-6-18/h3-10,26H,11-15H2,1-2H3,(H,23,27)/b22-17+. The summed E-state index contributed by atoms with van der Waals surface area (Å²) in [5.41, 5.74) is 4.95. The predicted molar refractivity (Wildman–Crippen MR) is 115 cm³/mol. The van der Waals surface area contributed by atoms with Crippen molar-refractivity contribution in [1.82, 2.24) is 14.6 Å². The maximum atomic E-state index is 12.8. The number of amides is 1. The van der Waals surface area contributed by atoms with E-state index >= 15 is 0 Å². The fraction of sp³-hybridized carbons (Fsp3) is 0.333. The molecule has 2 N–H and O–H groups in total. The molecule has 2 aromatic rings. The first kappa shape index (κ1) is 21.9. The quantitative estimate of drug-likeness (QED) is 0.535. The lowest BCUT2D eigenvalue weighted by molar-refractivity contribution is -0.122. The summed E-state index contributed by atoms with van der Waals surface area (Å²) in [6.45, 7) is 5.43. The molecule has 3 rings (SSSR count). The first-order valence-corrected chi connectivity index (χ1v) is 11.1. The van der Waals surface area contributed by atoms with Gasteiger partial charge in [-0.1, -0.05) is 17.7 Å². The molecular formula is C21H26N4O4S. The van der Waals surface area contributed by atoms with Crippen molar-refractivity contribution in [2.75, 3.05) is 32.7 Å². The molecule has 1 aliphatic rings. The van der Waals surface area contributed by atoms with Gasteiger partial charge in [0, 0.05) is 26.2 Å². The van der Waals surface area contributed by atoms with E-state index in [9.17, 15) is 18.3 Å². The van der Waals surface area contributed by atoms with Crippen LogP contribution < -0.4 is 5.43 Å². The van der Waals surface area contributed by atoms with E-state index in [-0.39, 0.29) is 18.2 Å². The Kier molecular flexibility index (Phi) is 6.86. The first-order chi connectivity index (χ1) is 14.3. The van der Waals surface area contributed by atoms with E-state index in [2.05, 4.69) is 10.5 Å². The molecule has 160 valence electrons. The Bertz CT molecular complexity index is 1010. The van der Waals surface area contributed by atoms with Crippen molar-refractivity contribution in [3.8, 4) is 5.75 Å². The number of hydrazone groups is 1. The van der Waals surface area contributed by atoms with Gasteiger partial charge in [0.2, 0.25) is 10.0 Å². The van der Waals surface area contributed by atoms with Gasteiger partial charge < -0.3 is 5.11 Å². The number of nitrogens with one attached hydrogen (secondary N) is 1. The van der Waals surface area contributed by atoms with Crippen molar-refractivity contribution in [2.24, 2.45) is 5.10 Å². The van der Waals surface area contributed by atoms with Crippen LogP contribution in [0.25, 0.3) is 0 Å². The number of aromatic hydroxyl groups is 1. The number of carbonyl (C=O) groups excluding carboxylic acids is 1. The first-order valence-electron chi connectivity index (χ1n) is 9.67. The molecule has 0 atom stereocenters. The molecule has 0 aliphatic carbocycles. The molecule has 9 heteroatoms. The molecule has 1 amide bonds. The summed E-state index contributed by atoms with van der Waals surface area (Å²) in [6, 6.07) is 13.4. The molecule has 0 spiro atoms. The summed E-state index contributed by atoms with van der Waals surface area (Å²) >= 11 is 0. The van der Waals surface area contributed by atoms with Crippen LogP contribution >= 0.6 is 0 Å². The van der Waals surface area contributed by atoms with Crippen molar-refractivity contribution in [1.29, 1.82) is 0 Å². The molecule has 2 aromatic carbocycles. The van der Waals surface area contributed by atoms with Crippen LogP contribution in [0.5, 0.6) is 5.75 Å². The second-order valence-electron chi connectivity index (χ2n) is 7.27. The van der Waals surface area contributed by atoms with Gasteiger partial charge in [-0.3, -0.25) is 9.69 Å². The Hall–Kier alpha value is -2.75. The SMILES string of the molecule is C/C(=N\NC(=O)CN1CCN(S(=O)(=O)c2ccc(C)cc2)CC1)c1ccc(O)cc1. The van der Waals surface area contributed by atoms with Crippen LogP contribution in [0.15, 0.2) is 58.5 Å². The third kappa shape index (κ3) is 5.44. The smallest absolute Gasteiger partial charge is 0.254 e. The zero-order valence-corrected chi connectivity index (χ0v) is 17.9. The van der Waals surface area contributed by atoms with Crippen LogP contribution in [0.4, 0.5) is 0 Å². The number of carbonyl (C=O) groups is 1. The second-order valence-corrected chi connectivity index (χ2v) is 9.21. The number of hydrogen-bond acceptors (Lipinski definition) is 6. The third-order valence-electron chi connectivity index (χ3n) is 4.99. The number of hydrogen-bond donors (Lipinski definition) is 2. The molecule has 1 heterocycles. The molecule has 30 heavy (non-hydrogen) atoms. The second kappa shape index (κ2) is 9.38. The van der Waals surface area contributed by atoms with E-state index in [0.29, 0.717) is 36.8 Å². The summed E-state index contributed by atoms with van der Waals surface area (Å²) in [5, 5.41) is 13.4. The van der Waals surface area contributed by atoms with Crippen LogP contribution in [-0.4, -0.2) is 67.1 Å². The average molecular weight is 431 g/mol. The van der Waals surface area contributed by atoms with E-state index < -0.39 is 10.0 Å². The van der Waals surface area contributed by atoms with Gasteiger partial charge in [-0.15, -0.1) is 0 Å². The molecule has 0 radical (unpaired) electrons. The van der Waals surface area contributed by atoms with E-state index in [0.717, 1.165) is 11.1 Å². The van der Waals surface area contributed by atoms with Gasteiger partial charge in [-0.2, -0.15) is 9.41 Å². The van der Waals surface area contributed by atoms with Crippen molar-refractivity contribution in [3.63, 3.8) is 0 Å². The highest BCUT2D eigenvalue weighted by Gasteiger charge is 2.28. The Morgan fingerprint density at radius 2 is 1.63 bits per heavy atom. The predicted octanol–water partition coefficient (Wildman–Crippen LogP) is 1.55. The van der Waals surface area contributed by atoms with Gasteiger partial charge in [0.15, 0.2) is 0 Å². The zero-order chi connectivity index (χ0) is 21.7. The highest BCUT2D eigenvalue weighted by molar-refractivity contribution is 7.89. The van der Waals surface area contributed by atoms with Crippen LogP contribution in [0.2, 0.25) is 0 Å². The molecule has 0 saturated carbocycles. The molecule has 1 aliphatic heterocycles. The molecule has 0 aromatic heterocycles. The van der Waals surface area contributed by atoms with Crippen LogP contribution in [-0.2, 0) is 14.8 Å². The maximum absolute atomic E-state index is 12.8. The van der Waals surface area contributed by atoms with Crippen molar-refractivity contribution in [2.45, 2.75) is 18.7 Å². The lowest BCUT2D eigenvalue weighted by Gasteiger charge is -2.33. The zero-order valence-electron chi connectivity index (χ0n) is 17.1. The van der Waals surface area contributed by atoms with Gasteiger partial charge in [0.25, 0.3) is 5.91 Å². The molecule has 1 saturated heterocycles. The number of phenols is 1. The van der Waals surface area contributed by atoms with E-state index in [1.54, 1.807) is 55.5 Å². The Morgan fingerprint density at radius 3 is 2.23 bits per heavy atom. The van der Waals surface area contributed by atoms with Gasteiger partial charge in [0.05, 0.1) is 17.2 Å². The Morgan fingerprint density at radius 1 is 1.03 bits per heavy atom. The van der Waals surface area contributed by atoms with E-state index in [4.69, 9.17) is 0 Å². The number of rotatable bonds is 6. The maximum Gasteiger partial charge on any atom is 0.254 e. The number of benzene rings is 2. The number of sulfonamides is 1. The number of nitrogens with zero attached hydrogens (tertiary/aromatic N) is 3. The van der Waals surface area contributed by atoms with Crippen molar-refractivity contribution in [3.05, 3.63) is 59.7 Å². The van der Waals surface area contributed by atoms with E-state index in [1.807, 2.05) is 11.8 Å². The highest BCUT2D eigenvalue weighted by Crippen LogP contribution is 2.18. The Balaban J connectivity index is 1.50. The minimum atomic E-state index is -3.52. The van der Waals surface area contributed by atoms with Crippen LogP contribution in [0.1, 0.15) is 18.1 Å². The fourth-order valence-electron chi connectivity index (χ4n) is 3.14. The molecule has 0 unspecified atom stereocenters. The minimum Gasteiger partial charge on any atom is -0.508 e. The summed E-state index contributed by atoms with van der Waals surface area (Å²) < 4.78 is 27.0. The number of piperazine rings is 1. The highest BCUT2D eigenvalue weighted by atomic mass is 32.2. The third-order valence-corrected chi connectivity index (χ3v) is 6.90.